The zero-order valence-corrected chi connectivity index (χ0v) is 10.7. The summed E-state index contributed by atoms with van der Waals surface area (Å²) in [6, 6.07) is 0.366. The van der Waals surface area contributed by atoms with Crippen molar-refractivity contribution in [2.75, 3.05) is 19.6 Å². The molecule has 3 unspecified atom stereocenters. The predicted octanol–water partition coefficient (Wildman–Crippen LogP) is 1.61. The topological polar surface area (TPSA) is 38.5 Å². The van der Waals surface area contributed by atoms with Crippen molar-refractivity contribution in [3.8, 4) is 0 Å². The van der Waals surface area contributed by atoms with Crippen LogP contribution in [0.5, 0.6) is 0 Å². The fourth-order valence-electron chi connectivity index (χ4n) is 2.97. The maximum atomic E-state index is 5.95. The number of piperidine rings is 1. The molecule has 0 aromatic rings. The molecule has 0 radical (unpaired) electrons. The molecule has 2 heterocycles. The molecule has 3 atom stereocenters. The molecule has 3 nitrogen and oxygen atoms in total. The summed E-state index contributed by atoms with van der Waals surface area (Å²) in [6.45, 7) is 7.88. The van der Waals surface area contributed by atoms with Gasteiger partial charge in [-0.05, 0) is 58.5 Å². The highest BCUT2D eigenvalue weighted by molar-refractivity contribution is 4.80. The zero-order valence-electron chi connectivity index (χ0n) is 10.7. The number of rotatable bonds is 3. The van der Waals surface area contributed by atoms with E-state index in [1.165, 1.54) is 38.8 Å². The van der Waals surface area contributed by atoms with Crippen molar-refractivity contribution in [2.45, 2.75) is 57.8 Å². The number of nitrogens with zero attached hydrogens (tertiary/aromatic N) is 1. The summed E-state index contributed by atoms with van der Waals surface area (Å²) >= 11 is 0. The van der Waals surface area contributed by atoms with Crippen LogP contribution in [0.2, 0.25) is 0 Å². The molecule has 0 spiro atoms. The van der Waals surface area contributed by atoms with Crippen LogP contribution in [0, 0.1) is 5.92 Å². The van der Waals surface area contributed by atoms with Gasteiger partial charge in [0.15, 0.2) is 0 Å². The average molecular weight is 226 g/mol. The molecule has 0 bridgehead atoms. The average Bonchev–Trinajstić information content (AvgIpc) is 2.65. The van der Waals surface area contributed by atoms with Gasteiger partial charge in [-0.3, -0.25) is 0 Å². The van der Waals surface area contributed by atoms with Crippen molar-refractivity contribution in [1.29, 1.82) is 0 Å². The summed E-state index contributed by atoms with van der Waals surface area (Å²) < 4.78 is 5.87. The monoisotopic (exact) mass is 226 g/mol. The molecule has 0 saturated carbocycles. The molecule has 2 N–H and O–H groups in total. The maximum absolute atomic E-state index is 5.95. The van der Waals surface area contributed by atoms with Crippen molar-refractivity contribution >= 4 is 0 Å². The Kier molecular flexibility index (Phi) is 4.22. The number of hydrogen-bond acceptors (Lipinski definition) is 3. The zero-order chi connectivity index (χ0) is 11.5. The first kappa shape index (κ1) is 12.3. The van der Waals surface area contributed by atoms with Gasteiger partial charge in [-0.25, -0.2) is 0 Å². The molecule has 0 amide bonds. The molecule has 94 valence electrons. The molecule has 16 heavy (non-hydrogen) atoms. The third-order valence-corrected chi connectivity index (χ3v) is 4.16. The highest BCUT2D eigenvalue weighted by Crippen LogP contribution is 2.23. The molecular formula is C13H26N2O. The van der Waals surface area contributed by atoms with Gasteiger partial charge in [-0.2, -0.15) is 0 Å². The van der Waals surface area contributed by atoms with Crippen LogP contribution >= 0.6 is 0 Å². The normalized spacial score (nSPS) is 35.4. The summed E-state index contributed by atoms with van der Waals surface area (Å²) in [5.74, 6) is 0.736. The van der Waals surface area contributed by atoms with Crippen LogP contribution in [-0.4, -0.2) is 42.8 Å². The van der Waals surface area contributed by atoms with Gasteiger partial charge < -0.3 is 15.4 Å². The lowest BCUT2D eigenvalue weighted by atomic mass is 9.91. The van der Waals surface area contributed by atoms with E-state index in [-0.39, 0.29) is 0 Å². The minimum atomic E-state index is 0.366. The molecular weight excluding hydrogens is 200 g/mol. The molecule has 0 aliphatic carbocycles. The molecule has 2 aliphatic heterocycles. The van der Waals surface area contributed by atoms with Gasteiger partial charge >= 0.3 is 0 Å². The van der Waals surface area contributed by atoms with Crippen LogP contribution in [0.25, 0.3) is 0 Å². The van der Waals surface area contributed by atoms with E-state index in [0.29, 0.717) is 18.2 Å². The van der Waals surface area contributed by atoms with E-state index in [1.807, 2.05) is 0 Å². The van der Waals surface area contributed by atoms with Crippen molar-refractivity contribution < 1.29 is 4.74 Å². The largest absolute Gasteiger partial charge is 0.374 e. The minimum Gasteiger partial charge on any atom is -0.374 e. The van der Waals surface area contributed by atoms with Crippen molar-refractivity contribution in [3.05, 3.63) is 0 Å². The van der Waals surface area contributed by atoms with Crippen molar-refractivity contribution in [2.24, 2.45) is 11.7 Å². The standard InChI is InChI=1S/C13H26N2O/c1-10-3-4-13(16-10)9-15-7-5-12(6-8-15)11(2)14/h10-13H,3-9,14H2,1-2H3. The fraction of sp³-hybridized carbons (Fsp3) is 1.00. The van der Waals surface area contributed by atoms with Crippen LogP contribution in [0.3, 0.4) is 0 Å². The van der Waals surface area contributed by atoms with Gasteiger partial charge in [0, 0.05) is 12.6 Å². The molecule has 2 fully saturated rings. The van der Waals surface area contributed by atoms with Gasteiger partial charge in [-0.15, -0.1) is 0 Å². The predicted molar refractivity (Wildman–Crippen MR) is 66.4 cm³/mol. The van der Waals surface area contributed by atoms with E-state index >= 15 is 0 Å². The Hall–Kier alpha value is -0.120. The second-order valence-corrected chi connectivity index (χ2v) is 5.64. The summed E-state index contributed by atoms with van der Waals surface area (Å²) in [5, 5.41) is 0. The van der Waals surface area contributed by atoms with E-state index in [1.54, 1.807) is 0 Å². The lowest BCUT2D eigenvalue weighted by Gasteiger charge is -2.34. The second-order valence-electron chi connectivity index (χ2n) is 5.64. The van der Waals surface area contributed by atoms with Crippen LogP contribution in [-0.2, 0) is 4.74 Å². The SMILES string of the molecule is CC1CCC(CN2CCC(C(C)N)CC2)O1. The van der Waals surface area contributed by atoms with E-state index in [9.17, 15) is 0 Å². The first-order chi connectivity index (χ1) is 7.65. The van der Waals surface area contributed by atoms with E-state index in [4.69, 9.17) is 10.5 Å². The number of ether oxygens (including phenoxy) is 1. The Morgan fingerprint density at radius 2 is 1.94 bits per heavy atom. The highest BCUT2D eigenvalue weighted by Gasteiger charge is 2.27. The Bertz CT molecular complexity index is 212. The molecule has 2 aliphatic rings. The van der Waals surface area contributed by atoms with Crippen molar-refractivity contribution in [1.82, 2.24) is 4.90 Å². The summed E-state index contributed by atoms with van der Waals surface area (Å²) in [4.78, 5) is 2.56. The minimum absolute atomic E-state index is 0.366. The quantitative estimate of drug-likeness (QED) is 0.794. The van der Waals surface area contributed by atoms with Crippen molar-refractivity contribution in [3.63, 3.8) is 0 Å². The Morgan fingerprint density at radius 3 is 2.44 bits per heavy atom. The lowest BCUT2D eigenvalue weighted by Crippen LogP contribution is -2.42. The summed E-state index contributed by atoms with van der Waals surface area (Å²) in [5.41, 5.74) is 5.95. The van der Waals surface area contributed by atoms with Gasteiger partial charge in [-0.1, -0.05) is 0 Å². The highest BCUT2D eigenvalue weighted by atomic mass is 16.5. The second kappa shape index (κ2) is 5.48. The molecule has 2 saturated heterocycles. The molecule has 0 aromatic carbocycles. The molecule has 3 heteroatoms. The Morgan fingerprint density at radius 1 is 1.25 bits per heavy atom. The van der Waals surface area contributed by atoms with Crippen LogP contribution in [0.15, 0.2) is 0 Å². The molecule has 2 rings (SSSR count). The lowest BCUT2D eigenvalue weighted by molar-refractivity contribution is 0.0231. The van der Waals surface area contributed by atoms with Crippen LogP contribution in [0.1, 0.15) is 39.5 Å². The first-order valence-corrected chi connectivity index (χ1v) is 6.78. The van der Waals surface area contributed by atoms with E-state index in [0.717, 1.165) is 12.5 Å². The Balaban J connectivity index is 1.69. The fourth-order valence-corrected chi connectivity index (χ4v) is 2.97. The van der Waals surface area contributed by atoms with E-state index < -0.39 is 0 Å². The first-order valence-electron chi connectivity index (χ1n) is 6.78. The third kappa shape index (κ3) is 3.19. The number of nitrogens with two attached hydrogens (primary N) is 1. The van der Waals surface area contributed by atoms with Gasteiger partial charge in [0.25, 0.3) is 0 Å². The summed E-state index contributed by atoms with van der Waals surface area (Å²) in [6.07, 6.45) is 5.98. The third-order valence-electron chi connectivity index (χ3n) is 4.16. The number of likely N-dealkylation sites (tertiary alicyclic amines) is 1. The molecule has 0 aromatic heterocycles. The van der Waals surface area contributed by atoms with Crippen LogP contribution < -0.4 is 5.73 Å². The van der Waals surface area contributed by atoms with Crippen LogP contribution in [0.4, 0.5) is 0 Å². The Labute approximate surface area is 99.3 Å². The van der Waals surface area contributed by atoms with Gasteiger partial charge in [0.1, 0.15) is 0 Å². The smallest absolute Gasteiger partial charge is 0.0706 e. The maximum Gasteiger partial charge on any atom is 0.0706 e. The van der Waals surface area contributed by atoms with Gasteiger partial charge in [0.05, 0.1) is 12.2 Å². The summed E-state index contributed by atoms with van der Waals surface area (Å²) in [7, 11) is 0. The van der Waals surface area contributed by atoms with E-state index in [2.05, 4.69) is 18.7 Å². The van der Waals surface area contributed by atoms with Gasteiger partial charge in [0.2, 0.25) is 0 Å². The number of hydrogen-bond donors (Lipinski definition) is 1.